The summed E-state index contributed by atoms with van der Waals surface area (Å²) >= 11 is 0. The Kier molecular flexibility index (Phi) is 7.41. The third-order valence-corrected chi connectivity index (χ3v) is 7.32. The summed E-state index contributed by atoms with van der Waals surface area (Å²) in [7, 11) is 0. The van der Waals surface area contributed by atoms with Crippen LogP contribution in [-0.4, -0.2) is 59.4 Å². The molecule has 2 aromatic carbocycles. The largest absolute Gasteiger partial charge is 0.619 e. The smallest absolute Gasteiger partial charge is 0.240 e. The van der Waals surface area contributed by atoms with Crippen molar-refractivity contribution >= 4 is 23.2 Å². The second-order valence-corrected chi connectivity index (χ2v) is 9.93. The van der Waals surface area contributed by atoms with Gasteiger partial charge < -0.3 is 20.7 Å². The minimum Gasteiger partial charge on any atom is -0.619 e. The number of rotatable bonds is 7. The van der Waals surface area contributed by atoms with Gasteiger partial charge in [-0.2, -0.15) is 4.74 Å². The molecule has 0 spiro atoms. The van der Waals surface area contributed by atoms with Crippen LogP contribution in [0.3, 0.4) is 0 Å². The molecule has 0 aliphatic carbocycles. The first-order chi connectivity index (χ1) is 18.0. The van der Waals surface area contributed by atoms with E-state index < -0.39 is 11.8 Å². The molecule has 5 rings (SSSR count). The Hall–Kier alpha value is -3.85. The summed E-state index contributed by atoms with van der Waals surface area (Å²) in [5.41, 5.74) is 4.13. The van der Waals surface area contributed by atoms with E-state index in [1.54, 1.807) is 0 Å². The van der Waals surface area contributed by atoms with Gasteiger partial charge in [0.15, 0.2) is 5.82 Å². The van der Waals surface area contributed by atoms with Crippen molar-refractivity contribution < 1.29 is 14.3 Å². The van der Waals surface area contributed by atoms with Gasteiger partial charge in [-0.05, 0) is 36.6 Å². The molecule has 37 heavy (non-hydrogen) atoms. The Labute approximate surface area is 217 Å². The number of nitrogens with one attached hydrogen (secondary N) is 3. The molecule has 2 fully saturated rings. The van der Waals surface area contributed by atoms with Crippen molar-refractivity contribution in [1.82, 2.24) is 20.9 Å². The fourth-order valence-corrected chi connectivity index (χ4v) is 5.28. The monoisotopic (exact) mass is 502 g/mol. The average molecular weight is 503 g/mol. The van der Waals surface area contributed by atoms with Crippen molar-refractivity contribution in [2.75, 3.05) is 31.1 Å². The van der Waals surface area contributed by atoms with Gasteiger partial charge in [-0.25, -0.2) is 0 Å². The highest BCUT2D eigenvalue weighted by Gasteiger charge is 2.39. The first-order valence-electron chi connectivity index (χ1n) is 13.0. The fraction of sp³-hybridized carbons (Fsp3) is 0.393. The Bertz CT molecular complexity index is 1190. The molecule has 3 N–H and O–H groups in total. The van der Waals surface area contributed by atoms with Crippen molar-refractivity contribution in [3.63, 3.8) is 0 Å². The Morgan fingerprint density at radius 3 is 2.38 bits per heavy atom. The standard InChI is InChI=1S/C28H34N6O3/c1-20-27(24-11-12-26(35)31-28(24)36)34(37)19-25(30-20)29-17-21-7-9-22(10-8-21)18-32-13-15-33(16-14-32)23-5-3-2-4-6-23/h2-10,19-20,24,29-30H,11-18H2,1H3,(H,31,35,36). The van der Waals surface area contributed by atoms with Crippen molar-refractivity contribution in [3.05, 3.63) is 83.0 Å². The molecule has 194 valence electrons. The summed E-state index contributed by atoms with van der Waals surface area (Å²) in [6.45, 7) is 7.51. The second-order valence-electron chi connectivity index (χ2n) is 9.93. The van der Waals surface area contributed by atoms with Crippen LogP contribution in [0.25, 0.3) is 0 Å². The zero-order chi connectivity index (χ0) is 25.8. The molecule has 3 aliphatic heterocycles. The number of piperidine rings is 1. The van der Waals surface area contributed by atoms with E-state index in [-0.39, 0.29) is 18.4 Å². The zero-order valence-electron chi connectivity index (χ0n) is 21.2. The van der Waals surface area contributed by atoms with Gasteiger partial charge in [-0.3, -0.25) is 19.8 Å². The molecule has 2 aromatic rings. The lowest BCUT2D eigenvalue weighted by Gasteiger charge is -2.36. The molecule has 9 heteroatoms. The fourth-order valence-electron chi connectivity index (χ4n) is 5.28. The summed E-state index contributed by atoms with van der Waals surface area (Å²) in [5.74, 6) is -0.669. The third kappa shape index (κ3) is 5.94. The first-order valence-corrected chi connectivity index (χ1v) is 13.0. The van der Waals surface area contributed by atoms with Crippen LogP contribution >= 0.6 is 0 Å². The average Bonchev–Trinajstić information content (AvgIpc) is 2.90. The van der Waals surface area contributed by atoms with E-state index in [0.717, 1.165) is 43.0 Å². The van der Waals surface area contributed by atoms with Gasteiger partial charge in [-0.1, -0.05) is 42.5 Å². The molecular weight excluding hydrogens is 468 g/mol. The molecule has 3 heterocycles. The van der Waals surface area contributed by atoms with Gasteiger partial charge in [0.2, 0.25) is 23.7 Å². The molecule has 2 saturated heterocycles. The lowest BCUT2D eigenvalue weighted by atomic mass is 9.89. The predicted octanol–water partition coefficient (Wildman–Crippen LogP) is 1.89. The van der Waals surface area contributed by atoms with Crippen LogP contribution in [-0.2, 0) is 22.7 Å². The van der Waals surface area contributed by atoms with Crippen LogP contribution in [0, 0.1) is 11.1 Å². The maximum atomic E-state index is 12.7. The normalized spacial score (nSPS) is 22.8. The summed E-state index contributed by atoms with van der Waals surface area (Å²) in [5, 5.41) is 21.6. The molecule has 0 aromatic heterocycles. The maximum absolute atomic E-state index is 12.7. The molecule has 3 aliphatic rings. The summed E-state index contributed by atoms with van der Waals surface area (Å²) in [6, 6.07) is 18.8. The summed E-state index contributed by atoms with van der Waals surface area (Å²) < 4.78 is 0.768. The second kappa shape index (κ2) is 11.0. The predicted molar refractivity (Wildman–Crippen MR) is 142 cm³/mol. The number of carbonyl (C=O) groups excluding carboxylic acids is 2. The first kappa shape index (κ1) is 24.8. The Balaban J connectivity index is 1.12. The van der Waals surface area contributed by atoms with Gasteiger partial charge >= 0.3 is 0 Å². The number of nitrogens with zero attached hydrogens (tertiary/aromatic N) is 3. The quantitative estimate of drug-likeness (QED) is 0.302. The van der Waals surface area contributed by atoms with E-state index >= 15 is 0 Å². The number of amides is 2. The van der Waals surface area contributed by atoms with Crippen LogP contribution in [0.1, 0.15) is 30.9 Å². The van der Waals surface area contributed by atoms with Gasteiger partial charge in [-0.15, -0.1) is 0 Å². The number of imide groups is 1. The number of hydroxylamine groups is 1. The minimum absolute atomic E-state index is 0.245. The van der Waals surface area contributed by atoms with E-state index in [4.69, 9.17) is 0 Å². The SMILES string of the molecule is CC1NC(NCc2ccc(CN3CCN(c4ccccc4)CC3)cc2)=C[N+]([O-])=C1C1CCC(=O)NC1=O. The van der Waals surface area contributed by atoms with Crippen LogP contribution in [0.2, 0.25) is 0 Å². The van der Waals surface area contributed by atoms with E-state index in [2.05, 4.69) is 80.3 Å². The molecule has 2 amide bonds. The molecule has 2 atom stereocenters. The third-order valence-electron chi connectivity index (χ3n) is 7.32. The van der Waals surface area contributed by atoms with E-state index in [1.165, 1.54) is 17.5 Å². The van der Waals surface area contributed by atoms with Crippen LogP contribution < -0.4 is 20.9 Å². The van der Waals surface area contributed by atoms with Crippen LogP contribution in [0.5, 0.6) is 0 Å². The minimum atomic E-state index is -0.593. The lowest BCUT2D eigenvalue weighted by Crippen LogP contribution is -2.53. The number of anilines is 1. The van der Waals surface area contributed by atoms with E-state index in [9.17, 15) is 14.8 Å². The Morgan fingerprint density at radius 1 is 1.00 bits per heavy atom. The number of benzene rings is 2. The molecule has 0 saturated carbocycles. The number of carbonyl (C=O) groups is 2. The highest BCUT2D eigenvalue weighted by atomic mass is 16.5. The van der Waals surface area contributed by atoms with Crippen molar-refractivity contribution in [2.45, 2.75) is 38.9 Å². The summed E-state index contributed by atoms with van der Waals surface area (Å²) in [6.07, 6.45) is 2.04. The number of para-hydroxylation sites is 1. The number of hydrogen-bond acceptors (Lipinski definition) is 7. The Morgan fingerprint density at radius 2 is 1.70 bits per heavy atom. The highest BCUT2D eigenvalue weighted by Crippen LogP contribution is 2.20. The van der Waals surface area contributed by atoms with Crippen molar-refractivity contribution in [2.24, 2.45) is 5.92 Å². The molecule has 0 bridgehead atoms. The van der Waals surface area contributed by atoms with Gasteiger partial charge in [0, 0.05) is 51.4 Å². The van der Waals surface area contributed by atoms with E-state index in [1.807, 2.05) is 6.92 Å². The molecule has 2 unspecified atom stereocenters. The maximum Gasteiger partial charge on any atom is 0.240 e. The van der Waals surface area contributed by atoms with Crippen LogP contribution in [0.15, 0.2) is 66.6 Å². The van der Waals surface area contributed by atoms with Crippen molar-refractivity contribution in [3.8, 4) is 0 Å². The number of piperazine rings is 1. The number of hydrogen-bond donors (Lipinski definition) is 3. The van der Waals surface area contributed by atoms with Gasteiger partial charge in [0.05, 0.1) is 0 Å². The van der Waals surface area contributed by atoms with Crippen molar-refractivity contribution in [1.29, 1.82) is 0 Å². The van der Waals surface area contributed by atoms with Crippen LogP contribution in [0.4, 0.5) is 5.69 Å². The molecule has 9 nitrogen and oxygen atoms in total. The highest BCUT2D eigenvalue weighted by molar-refractivity contribution is 6.11. The molecular formula is C28H34N6O3. The topological polar surface area (TPSA) is 103 Å². The van der Waals surface area contributed by atoms with Gasteiger partial charge in [0.1, 0.15) is 12.0 Å². The van der Waals surface area contributed by atoms with Gasteiger partial charge in [0.25, 0.3) is 0 Å². The zero-order valence-corrected chi connectivity index (χ0v) is 21.2. The summed E-state index contributed by atoms with van der Waals surface area (Å²) in [4.78, 5) is 28.6. The molecule has 0 radical (unpaired) electrons. The van der Waals surface area contributed by atoms with E-state index in [0.29, 0.717) is 24.5 Å². The lowest BCUT2D eigenvalue weighted by molar-refractivity contribution is -0.388.